The molecular weight excluding hydrogens is 248 g/mol. The average molecular weight is 270 g/mol. The molecule has 102 valence electrons. The van der Waals surface area contributed by atoms with Gasteiger partial charge in [0.05, 0.1) is 4.90 Å². The first-order chi connectivity index (χ1) is 8.47. The molecule has 0 saturated carbocycles. The standard InChI is InChI=1S/C13H22N2O2S/c1-11-6-7-13(12(2)10-11)18(16,17)15-9-5-3-4-8-14/h6-7,10,15H,3-5,8-9,14H2,1-2H3. The van der Waals surface area contributed by atoms with Gasteiger partial charge in [-0.25, -0.2) is 13.1 Å². The largest absolute Gasteiger partial charge is 0.330 e. The molecule has 18 heavy (non-hydrogen) atoms. The van der Waals surface area contributed by atoms with E-state index < -0.39 is 10.0 Å². The normalized spacial score (nSPS) is 11.7. The molecule has 0 saturated heterocycles. The summed E-state index contributed by atoms with van der Waals surface area (Å²) in [6.07, 6.45) is 2.71. The Kier molecular flexibility index (Phi) is 5.78. The van der Waals surface area contributed by atoms with Gasteiger partial charge in [-0.2, -0.15) is 0 Å². The van der Waals surface area contributed by atoms with Crippen LogP contribution in [0.15, 0.2) is 23.1 Å². The molecule has 1 aromatic carbocycles. The van der Waals surface area contributed by atoms with Crippen LogP contribution in [-0.4, -0.2) is 21.5 Å². The first kappa shape index (κ1) is 15.1. The summed E-state index contributed by atoms with van der Waals surface area (Å²) in [6, 6.07) is 5.35. The third kappa shape index (κ3) is 4.40. The highest BCUT2D eigenvalue weighted by Crippen LogP contribution is 2.16. The number of hydrogen-bond acceptors (Lipinski definition) is 3. The van der Waals surface area contributed by atoms with E-state index in [0.29, 0.717) is 18.0 Å². The Morgan fingerprint density at radius 2 is 1.89 bits per heavy atom. The van der Waals surface area contributed by atoms with E-state index >= 15 is 0 Å². The zero-order chi connectivity index (χ0) is 13.6. The highest BCUT2D eigenvalue weighted by Gasteiger charge is 2.15. The van der Waals surface area contributed by atoms with Crippen LogP contribution in [0.5, 0.6) is 0 Å². The smallest absolute Gasteiger partial charge is 0.240 e. The Morgan fingerprint density at radius 1 is 1.17 bits per heavy atom. The van der Waals surface area contributed by atoms with E-state index in [9.17, 15) is 8.42 Å². The minimum atomic E-state index is -3.38. The fraction of sp³-hybridized carbons (Fsp3) is 0.538. The monoisotopic (exact) mass is 270 g/mol. The van der Waals surface area contributed by atoms with E-state index in [2.05, 4.69) is 4.72 Å². The zero-order valence-electron chi connectivity index (χ0n) is 11.1. The molecule has 0 aliphatic heterocycles. The average Bonchev–Trinajstić information content (AvgIpc) is 2.28. The summed E-state index contributed by atoms with van der Waals surface area (Å²) >= 11 is 0. The van der Waals surface area contributed by atoms with Crippen molar-refractivity contribution in [1.82, 2.24) is 4.72 Å². The third-order valence-electron chi connectivity index (χ3n) is 2.79. The molecule has 0 aliphatic rings. The molecule has 0 unspecified atom stereocenters. The molecule has 0 spiro atoms. The maximum atomic E-state index is 12.1. The summed E-state index contributed by atoms with van der Waals surface area (Å²) in [7, 11) is -3.38. The summed E-state index contributed by atoms with van der Waals surface area (Å²) in [6.45, 7) is 4.89. The molecule has 5 heteroatoms. The van der Waals surface area contributed by atoms with E-state index in [1.165, 1.54) is 0 Å². The molecule has 0 radical (unpaired) electrons. The van der Waals surface area contributed by atoms with Gasteiger partial charge < -0.3 is 5.73 Å². The van der Waals surface area contributed by atoms with E-state index in [-0.39, 0.29) is 0 Å². The second kappa shape index (κ2) is 6.87. The molecular formula is C13H22N2O2S. The molecule has 0 atom stereocenters. The van der Waals surface area contributed by atoms with Crippen LogP contribution >= 0.6 is 0 Å². The van der Waals surface area contributed by atoms with Crippen LogP contribution in [0, 0.1) is 13.8 Å². The van der Waals surface area contributed by atoms with Crippen LogP contribution in [-0.2, 0) is 10.0 Å². The molecule has 0 heterocycles. The van der Waals surface area contributed by atoms with Crippen molar-refractivity contribution in [2.24, 2.45) is 5.73 Å². The fourth-order valence-electron chi connectivity index (χ4n) is 1.83. The van der Waals surface area contributed by atoms with Crippen molar-refractivity contribution in [1.29, 1.82) is 0 Å². The number of rotatable bonds is 7. The Labute approximate surface area is 110 Å². The van der Waals surface area contributed by atoms with Crippen molar-refractivity contribution < 1.29 is 8.42 Å². The second-order valence-electron chi connectivity index (χ2n) is 4.52. The number of hydrogen-bond donors (Lipinski definition) is 2. The molecule has 1 aromatic rings. The number of unbranched alkanes of at least 4 members (excludes halogenated alkanes) is 2. The lowest BCUT2D eigenvalue weighted by Gasteiger charge is -2.09. The lowest BCUT2D eigenvalue weighted by atomic mass is 10.2. The minimum Gasteiger partial charge on any atom is -0.330 e. The van der Waals surface area contributed by atoms with E-state index in [4.69, 9.17) is 5.73 Å². The maximum absolute atomic E-state index is 12.1. The van der Waals surface area contributed by atoms with Gasteiger partial charge in [0.1, 0.15) is 0 Å². The SMILES string of the molecule is Cc1ccc(S(=O)(=O)NCCCCCN)c(C)c1. The maximum Gasteiger partial charge on any atom is 0.240 e. The van der Waals surface area contributed by atoms with Gasteiger partial charge in [-0.15, -0.1) is 0 Å². The van der Waals surface area contributed by atoms with Gasteiger partial charge in [-0.3, -0.25) is 0 Å². The first-order valence-corrected chi connectivity index (χ1v) is 7.72. The van der Waals surface area contributed by atoms with Gasteiger partial charge in [0.25, 0.3) is 0 Å². The molecule has 0 aliphatic carbocycles. The number of nitrogens with one attached hydrogen (secondary N) is 1. The molecule has 3 N–H and O–H groups in total. The Hall–Kier alpha value is -0.910. The van der Waals surface area contributed by atoms with Gasteiger partial charge in [0, 0.05) is 6.54 Å². The van der Waals surface area contributed by atoms with E-state index in [0.717, 1.165) is 30.4 Å². The molecule has 0 bridgehead atoms. The molecule has 0 fully saturated rings. The van der Waals surface area contributed by atoms with Crippen molar-refractivity contribution >= 4 is 10.0 Å². The van der Waals surface area contributed by atoms with Crippen molar-refractivity contribution in [3.05, 3.63) is 29.3 Å². The zero-order valence-corrected chi connectivity index (χ0v) is 11.9. The number of sulfonamides is 1. The highest BCUT2D eigenvalue weighted by atomic mass is 32.2. The minimum absolute atomic E-state index is 0.368. The van der Waals surface area contributed by atoms with Crippen LogP contribution in [0.25, 0.3) is 0 Å². The number of aryl methyl sites for hydroxylation is 2. The third-order valence-corrected chi connectivity index (χ3v) is 4.41. The summed E-state index contributed by atoms with van der Waals surface area (Å²) in [4.78, 5) is 0.368. The van der Waals surface area contributed by atoms with Crippen molar-refractivity contribution in [3.8, 4) is 0 Å². The second-order valence-corrected chi connectivity index (χ2v) is 6.25. The Balaban J connectivity index is 2.63. The lowest BCUT2D eigenvalue weighted by Crippen LogP contribution is -2.25. The quantitative estimate of drug-likeness (QED) is 0.741. The molecule has 4 nitrogen and oxygen atoms in total. The van der Waals surface area contributed by atoms with Crippen LogP contribution in [0.4, 0.5) is 0 Å². The number of nitrogens with two attached hydrogens (primary N) is 1. The highest BCUT2D eigenvalue weighted by molar-refractivity contribution is 7.89. The van der Waals surface area contributed by atoms with Crippen LogP contribution < -0.4 is 10.5 Å². The van der Waals surface area contributed by atoms with Crippen molar-refractivity contribution in [2.75, 3.05) is 13.1 Å². The van der Waals surface area contributed by atoms with Gasteiger partial charge in [0.15, 0.2) is 0 Å². The van der Waals surface area contributed by atoms with Crippen LogP contribution in [0.2, 0.25) is 0 Å². The number of benzene rings is 1. The Bertz CT molecular complexity index is 484. The van der Waals surface area contributed by atoms with E-state index in [1.54, 1.807) is 6.07 Å². The van der Waals surface area contributed by atoms with E-state index in [1.807, 2.05) is 26.0 Å². The topological polar surface area (TPSA) is 72.2 Å². The van der Waals surface area contributed by atoms with Crippen molar-refractivity contribution in [3.63, 3.8) is 0 Å². The summed E-state index contributed by atoms with van der Waals surface area (Å²) in [5, 5.41) is 0. The fourth-order valence-corrected chi connectivity index (χ4v) is 3.13. The van der Waals surface area contributed by atoms with Gasteiger partial charge in [-0.05, 0) is 44.9 Å². The predicted molar refractivity (Wildman–Crippen MR) is 74.0 cm³/mol. The molecule has 1 rings (SSSR count). The first-order valence-electron chi connectivity index (χ1n) is 6.24. The predicted octanol–water partition coefficient (Wildman–Crippen LogP) is 1.71. The van der Waals surface area contributed by atoms with Crippen LogP contribution in [0.1, 0.15) is 30.4 Å². The summed E-state index contributed by atoms with van der Waals surface area (Å²) in [5.41, 5.74) is 7.23. The summed E-state index contributed by atoms with van der Waals surface area (Å²) in [5.74, 6) is 0. The van der Waals surface area contributed by atoms with Gasteiger partial charge in [-0.1, -0.05) is 24.1 Å². The molecule has 0 aromatic heterocycles. The van der Waals surface area contributed by atoms with Crippen molar-refractivity contribution in [2.45, 2.75) is 38.0 Å². The summed E-state index contributed by atoms with van der Waals surface area (Å²) < 4.78 is 26.7. The molecule has 0 amide bonds. The van der Waals surface area contributed by atoms with Crippen LogP contribution in [0.3, 0.4) is 0 Å². The van der Waals surface area contributed by atoms with Gasteiger partial charge >= 0.3 is 0 Å². The lowest BCUT2D eigenvalue weighted by molar-refractivity contribution is 0.574. The van der Waals surface area contributed by atoms with Gasteiger partial charge in [0.2, 0.25) is 10.0 Å². The Morgan fingerprint density at radius 3 is 2.50 bits per heavy atom.